The number of nitrogens with zero attached hydrogens (tertiary/aromatic N) is 1. The van der Waals surface area contributed by atoms with Gasteiger partial charge in [0.25, 0.3) is 0 Å². The summed E-state index contributed by atoms with van der Waals surface area (Å²) in [6.07, 6.45) is 0. The SMILES string of the molecule is COC(=O)C1=C(C)N(C)C(=S)N[C@H]1c1ccc(F)cc1F. The summed E-state index contributed by atoms with van der Waals surface area (Å²) in [6.45, 7) is 1.69. The van der Waals surface area contributed by atoms with Gasteiger partial charge < -0.3 is 15.0 Å². The van der Waals surface area contributed by atoms with E-state index in [1.54, 1.807) is 18.9 Å². The quantitative estimate of drug-likeness (QED) is 0.670. The van der Waals surface area contributed by atoms with Crippen LogP contribution < -0.4 is 5.32 Å². The normalized spacial score (nSPS) is 18.6. The average Bonchev–Trinajstić information content (AvgIpc) is 2.44. The second-order valence-corrected chi connectivity index (χ2v) is 4.98. The zero-order chi connectivity index (χ0) is 15.7. The van der Waals surface area contributed by atoms with E-state index in [1.807, 2.05) is 0 Å². The molecule has 1 aromatic rings. The van der Waals surface area contributed by atoms with Gasteiger partial charge in [-0.15, -0.1) is 0 Å². The summed E-state index contributed by atoms with van der Waals surface area (Å²) < 4.78 is 31.8. The van der Waals surface area contributed by atoms with Crippen molar-refractivity contribution in [3.05, 3.63) is 46.7 Å². The Morgan fingerprint density at radius 3 is 2.67 bits per heavy atom. The van der Waals surface area contributed by atoms with E-state index >= 15 is 0 Å². The monoisotopic (exact) mass is 312 g/mol. The molecule has 1 aliphatic rings. The molecule has 0 saturated heterocycles. The van der Waals surface area contributed by atoms with Crippen molar-refractivity contribution in [1.82, 2.24) is 10.2 Å². The maximum atomic E-state index is 14.0. The third kappa shape index (κ3) is 2.73. The van der Waals surface area contributed by atoms with Crippen LogP contribution in [0.1, 0.15) is 18.5 Å². The first-order chi connectivity index (χ1) is 9.86. The maximum Gasteiger partial charge on any atom is 0.337 e. The molecule has 7 heteroatoms. The van der Waals surface area contributed by atoms with E-state index in [1.165, 1.54) is 13.2 Å². The largest absolute Gasteiger partial charge is 0.466 e. The van der Waals surface area contributed by atoms with E-state index in [-0.39, 0.29) is 11.1 Å². The lowest BCUT2D eigenvalue weighted by Crippen LogP contribution is -2.46. The van der Waals surface area contributed by atoms with Crippen molar-refractivity contribution in [3.8, 4) is 0 Å². The number of halogens is 2. The van der Waals surface area contributed by atoms with Crippen LogP contribution in [-0.4, -0.2) is 30.1 Å². The van der Waals surface area contributed by atoms with Crippen LogP contribution in [0.15, 0.2) is 29.5 Å². The molecule has 1 aromatic carbocycles. The lowest BCUT2D eigenvalue weighted by molar-refractivity contribution is -0.136. The third-order valence-corrected chi connectivity index (χ3v) is 3.82. The minimum Gasteiger partial charge on any atom is -0.466 e. The lowest BCUT2D eigenvalue weighted by Gasteiger charge is -2.35. The van der Waals surface area contributed by atoms with E-state index in [0.29, 0.717) is 10.8 Å². The highest BCUT2D eigenvalue weighted by atomic mass is 32.1. The standard InChI is InChI=1S/C14H14F2N2O2S/c1-7-11(13(19)20-3)12(17-14(21)18(7)2)9-5-4-8(15)6-10(9)16/h4-6,12H,1-3H3,(H,17,21)/t12-/m0/s1. The molecule has 1 atom stereocenters. The Morgan fingerprint density at radius 1 is 1.43 bits per heavy atom. The van der Waals surface area contributed by atoms with Gasteiger partial charge in [-0.2, -0.15) is 0 Å². The first-order valence-corrected chi connectivity index (χ1v) is 6.56. The molecule has 0 bridgehead atoms. The van der Waals surface area contributed by atoms with Crippen LogP contribution in [0.5, 0.6) is 0 Å². The topological polar surface area (TPSA) is 41.6 Å². The van der Waals surface area contributed by atoms with Crippen LogP contribution in [0.2, 0.25) is 0 Å². The Kier molecular flexibility index (Phi) is 4.22. The van der Waals surface area contributed by atoms with Gasteiger partial charge in [0.1, 0.15) is 11.6 Å². The van der Waals surface area contributed by atoms with Crippen molar-refractivity contribution in [2.75, 3.05) is 14.2 Å². The fourth-order valence-corrected chi connectivity index (χ4v) is 2.43. The Morgan fingerprint density at radius 2 is 2.10 bits per heavy atom. The number of benzene rings is 1. The molecule has 112 valence electrons. The molecule has 4 nitrogen and oxygen atoms in total. The van der Waals surface area contributed by atoms with E-state index in [9.17, 15) is 13.6 Å². The predicted octanol–water partition coefficient (Wildman–Crippen LogP) is 2.27. The lowest BCUT2D eigenvalue weighted by atomic mass is 9.94. The second kappa shape index (κ2) is 5.77. The molecule has 21 heavy (non-hydrogen) atoms. The molecule has 0 amide bonds. The fraction of sp³-hybridized carbons (Fsp3) is 0.286. The van der Waals surface area contributed by atoms with Crippen LogP contribution in [-0.2, 0) is 9.53 Å². The van der Waals surface area contributed by atoms with E-state index in [0.717, 1.165) is 12.1 Å². The fourth-order valence-electron chi connectivity index (χ4n) is 2.18. The number of ether oxygens (including phenoxy) is 1. The van der Waals surface area contributed by atoms with Gasteiger partial charge in [-0.05, 0) is 25.2 Å². The van der Waals surface area contributed by atoms with Gasteiger partial charge >= 0.3 is 5.97 Å². The number of hydrogen-bond acceptors (Lipinski definition) is 3. The van der Waals surface area contributed by atoms with Crippen molar-refractivity contribution in [1.29, 1.82) is 0 Å². The van der Waals surface area contributed by atoms with Gasteiger partial charge in [0.2, 0.25) is 0 Å². The van der Waals surface area contributed by atoms with Gasteiger partial charge in [0.05, 0.1) is 18.7 Å². The Bertz CT molecular complexity index is 646. The van der Waals surface area contributed by atoms with E-state index in [4.69, 9.17) is 17.0 Å². The Labute approximate surface area is 126 Å². The highest BCUT2D eigenvalue weighted by Crippen LogP contribution is 2.32. The van der Waals surface area contributed by atoms with Gasteiger partial charge in [0, 0.05) is 24.4 Å². The summed E-state index contributed by atoms with van der Waals surface area (Å²) in [5, 5.41) is 3.22. The van der Waals surface area contributed by atoms with Crippen molar-refractivity contribution in [3.63, 3.8) is 0 Å². The van der Waals surface area contributed by atoms with Crippen molar-refractivity contribution >= 4 is 23.3 Å². The average molecular weight is 312 g/mol. The minimum atomic E-state index is -0.818. The highest BCUT2D eigenvalue weighted by molar-refractivity contribution is 7.80. The smallest absolute Gasteiger partial charge is 0.337 e. The van der Waals surface area contributed by atoms with E-state index < -0.39 is 23.6 Å². The molecule has 0 aliphatic carbocycles. The molecule has 2 rings (SSSR count). The molecule has 1 aliphatic heterocycles. The summed E-state index contributed by atoms with van der Waals surface area (Å²) >= 11 is 5.16. The molecule has 0 unspecified atom stereocenters. The molecule has 0 aromatic heterocycles. The number of thiocarbonyl (C=S) groups is 1. The molecule has 1 heterocycles. The number of carbonyl (C=O) groups excluding carboxylic acids is 1. The molecule has 0 radical (unpaired) electrons. The van der Waals surface area contributed by atoms with Crippen LogP contribution in [0.25, 0.3) is 0 Å². The number of esters is 1. The zero-order valence-electron chi connectivity index (χ0n) is 11.7. The van der Waals surface area contributed by atoms with Crippen LogP contribution >= 0.6 is 12.2 Å². The molecular formula is C14H14F2N2O2S. The van der Waals surface area contributed by atoms with Crippen molar-refractivity contribution in [2.24, 2.45) is 0 Å². The predicted molar refractivity (Wildman–Crippen MR) is 77.3 cm³/mol. The number of rotatable bonds is 2. The number of carbonyl (C=O) groups is 1. The third-order valence-electron chi connectivity index (χ3n) is 3.43. The summed E-state index contributed by atoms with van der Waals surface area (Å²) in [7, 11) is 2.93. The second-order valence-electron chi connectivity index (χ2n) is 4.60. The van der Waals surface area contributed by atoms with E-state index in [2.05, 4.69) is 5.32 Å². The van der Waals surface area contributed by atoms with Gasteiger partial charge in [0.15, 0.2) is 5.11 Å². The summed E-state index contributed by atoms with van der Waals surface area (Å²) in [4.78, 5) is 13.6. The Hall–Kier alpha value is -2.02. The number of hydrogen-bond donors (Lipinski definition) is 1. The highest BCUT2D eigenvalue weighted by Gasteiger charge is 2.34. The van der Waals surface area contributed by atoms with Gasteiger partial charge in [-0.3, -0.25) is 0 Å². The van der Waals surface area contributed by atoms with Crippen molar-refractivity contribution < 1.29 is 18.3 Å². The van der Waals surface area contributed by atoms with Crippen LogP contribution in [0.3, 0.4) is 0 Å². The number of allylic oxidation sites excluding steroid dienone is 1. The maximum absolute atomic E-state index is 14.0. The number of nitrogens with one attached hydrogen (secondary N) is 1. The molecule has 0 spiro atoms. The van der Waals surface area contributed by atoms with Crippen LogP contribution in [0.4, 0.5) is 8.78 Å². The molecule has 0 saturated carbocycles. The summed E-state index contributed by atoms with van der Waals surface area (Å²) in [5.41, 5.74) is 0.921. The van der Waals surface area contributed by atoms with Crippen molar-refractivity contribution in [2.45, 2.75) is 13.0 Å². The zero-order valence-corrected chi connectivity index (χ0v) is 12.6. The van der Waals surface area contributed by atoms with Crippen LogP contribution in [0, 0.1) is 11.6 Å². The summed E-state index contributed by atoms with van der Waals surface area (Å²) in [5.74, 6) is -2.04. The molecule has 0 fully saturated rings. The first kappa shape index (κ1) is 15.4. The molecule has 1 N–H and O–H groups in total. The number of methoxy groups -OCH3 is 1. The Balaban J connectivity index is 2.59. The minimum absolute atomic E-state index is 0.131. The van der Waals surface area contributed by atoms with Gasteiger partial charge in [-0.25, -0.2) is 13.6 Å². The summed E-state index contributed by atoms with van der Waals surface area (Å²) in [6, 6.07) is 2.36. The van der Waals surface area contributed by atoms with Gasteiger partial charge in [-0.1, -0.05) is 6.07 Å². The first-order valence-electron chi connectivity index (χ1n) is 6.15. The molecular weight excluding hydrogens is 298 g/mol.